The van der Waals surface area contributed by atoms with Crippen LogP contribution < -0.4 is 0 Å². The molecule has 2 aromatic carbocycles. The summed E-state index contributed by atoms with van der Waals surface area (Å²) in [7, 11) is 0. The second-order valence-electron chi connectivity index (χ2n) is 4.83. The van der Waals surface area contributed by atoms with E-state index in [9.17, 15) is 0 Å². The molecule has 0 bridgehead atoms. The summed E-state index contributed by atoms with van der Waals surface area (Å²) in [6, 6.07) is 16.0. The number of aromatic nitrogens is 3. The fourth-order valence-electron chi connectivity index (χ4n) is 2.00. The minimum absolute atomic E-state index is 0.460. The zero-order valence-corrected chi connectivity index (χ0v) is 14.2. The Labute approximate surface area is 141 Å². The van der Waals surface area contributed by atoms with Crippen LogP contribution in [-0.2, 0) is 0 Å². The number of aromatic amines is 1. The van der Waals surface area contributed by atoms with Gasteiger partial charge in [-0.25, -0.2) is 5.10 Å². The van der Waals surface area contributed by atoms with Crippen molar-refractivity contribution in [2.75, 3.05) is 0 Å². The third kappa shape index (κ3) is 3.23. The smallest absolute Gasteiger partial charge is 0.216 e. The van der Waals surface area contributed by atoms with E-state index in [2.05, 4.69) is 31.2 Å². The Morgan fingerprint density at radius 1 is 1.23 bits per heavy atom. The lowest BCUT2D eigenvalue weighted by atomic mass is 10.1. The Balaban J connectivity index is 1.99. The van der Waals surface area contributed by atoms with Crippen molar-refractivity contribution in [2.24, 2.45) is 5.10 Å². The molecule has 3 aromatic rings. The minimum atomic E-state index is 0.460. The average molecular weight is 373 g/mol. The molecule has 110 valence electrons. The fraction of sp³-hybridized carbons (Fsp3) is 0.0625. The van der Waals surface area contributed by atoms with Crippen molar-refractivity contribution in [3.63, 3.8) is 0 Å². The molecule has 0 aliphatic rings. The molecule has 0 saturated heterocycles. The Bertz CT molecular complexity index is 878. The van der Waals surface area contributed by atoms with Crippen LogP contribution in [0.3, 0.4) is 0 Å². The number of benzene rings is 2. The first-order valence-corrected chi connectivity index (χ1v) is 7.88. The van der Waals surface area contributed by atoms with Crippen LogP contribution in [0.4, 0.5) is 0 Å². The molecule has 0 aliphatic carbocycles. The van der Waals surface area contributed by atoms with Gasteiger partial charge in [-0.2, -0.15) is 14.9 Å². The van der Waals surface area contributed by atoms with Gasteiger partial charge >= 0.3 is 0 Å². The average Bonchev–Trinajstić information content (AvgIpc) is 2.87. The lowest BCUT2D eigenvalue weighted by Crippen LogP contribution is -1.95. The lowest BCUT2D eigenvalue weighted by Gasteiger charge is -2.01. The van der Waals surface area contributed by atoms with Crippen LogP contribution in [0.25, 0.3) is 11.4 Å². The van der Waals surface area contributed by atoms with Crippen molar-refractivity contribution in [1.82, 2.24) is 14.9 Å². The fourth-order valence-corrected chi connectivity index (χ4v) is 2.60. The second-order valence-corrected chi connectivity index (χ2v) is 6.13. The standard InChI is InChI=1S/C16H13BrN4S/c1-11-5-7-13(8-6-11)15-19-20-16(22)21(15)18-10-12-3-2-4-14(17)9-12/h2-10H,1H3,(H,20,22)/b18-10+. The van der Waals surface area contributed by atoms with Crippen molar-refractivity contribution in [3.05, 3.63) is 68.9 Å². The quantitative estimate of drug-likeness (QED) is 0.540. The maximum absolute atomic E-state index is 5.26. The SMILES string of the molecule is Cc1ccc(-c2n[nH]c(=S)n2/N=C/c2cccc(Br)c2)cc1. The van der Waals surface area contributed by atoms with Crippen LogP contribution in [0.2, 0.25) is 0 Å². The summed E-state index contributed by atoms with van der Waals surface area (Å²) in [5.41, 5.74) is 3.14. The molecule has 22 heavy (non-hydrogen) atoms. The lowest BCUT2D eigenvalue weighted by molar-refractivity contribution is 0.871. The molecule has 6 heteroatoms. The van der Waals surface area contributed by atoms with Gasteiger partial charge in [-0.05, 0) is 36.8 Å². The van der Waals surface area contributed by atoms with Crippen LogP contribution in [0.5, 0.6) is 0 Å². The van der Waals surface area contributed by atoms with Crippen molar-refractivity contribution in [3.8, 4) is 11.4 Å². The molecule has 1 N–H and O–H groups in total. The molecule has 1 aromatic heterocycles. The van der Waals surface area contributed by atoms with Crippen molar-refractivity contribution in [1.29, 1.82) is 0 Å². The van der Waals surface area contributed by atoms with E-state index in [4.69, 9.17) is 12.2 Å². The van der Waals surface area contributed by atoms with Crippen LogP contribution in [-0.4, -0.2) is 21.1 Å². The van der Waals surface area contributed by atoms with E-state index < -0.39 is 0 Å². The van der Waals surface area contributed by atoms with Gasteiger partial charge in [-0.1, -0.05) is 57.9 Å². The first kappa shape index (κ1) is 14.9. The van der Waals surface area contributed by atoms with E-state index in [0.29, 0.717) is 10.6 Å². The van der Waals surface area contributed by atoms with E-state index in [1.807, 2.05) is 55.5 Å². The Morgan fingerprint density at radius 3 is 2.73 bits per heavy atom. The molecule has 0 aliphatic heterocycles. The summed E-state index contributed by atoms with van der Waals surface area (Å²) in [5, 5.41) is 11.5. The number of hydrogen-bond donors (Lipinski definition) is 1. The number of hydrogen-bond acceptors (Lipinski definition) is 3. The Hall–Kier alpha value is -2.05. The Morgan fingerprint density at radius 2 is 2.00 bits per heavy atom. The maximum Gasteiger partial charge on any atom is 0.216 e. The molecule has 1 heterocycles. The molecule has 3 rings (SSSR count). The van der Waals surface area contributed by atoms with Gasteiger partial charge in [0.05, 0.1) is 6.21 Å². The molecule has 0 saturated carbocycles. The highest BCUT2D eigenvalue weighted by atomic mass is 79.9. The molecule has 0 spiro atoms. The van der Waals surface area contributed by atoms with Gasteiger partial charge in [0.15, 0.2) is 5.82 Å². The van der Waals surface area contributed by atoms with Gasteiger partial charge in [0, 0.05) is 10.0 Å². The van der Waals surface area contributed by atoms with E-state index >= 15 is 0 Å². The number of nitrogens with one attached hydrogen (secondary N) is 1. The summed E-state index contributed by atoms with van der Waals surface area (Å²) in [5.74, 6) is 0.691. The van der Waals surface area contributed by atoms with E-state index in [0.717, 1.165) is 15.6 Å². The Kier molecular flexibility index (Phi) is 4.31. The first-order valence-electron chi connectivity index (χ1n) is 6.68. The minimum Gasteiger partial charge on any atom is -0.250 e. The highest BCUT2D eigenvalue weighted by molar-refractivity contribution is 9.10. The van der Waals surface area contributed by atoms with Gasteiger partial charge in [0.1, 0.15) is 0 Å². The predicted molar refractivity (Wildman–Crippen MR) is 94.7 cm³/mol. The molecular weight excluding hydrogens is 360 g/mol. The third-order valence-electron chi connectivity index (χ3n) is 3.13. The van der Waals surface area contributed by atoms with Crippen molar-refractivity contribution >= 4 is 34.4 Å². The number of rotatable bonds is 3. The number of H-pyrrole nitrogens is 1. The zero-order valence-electron chi connectivity index (χ0n) is 11.8. The number of nitrogens with zero attached hydrogens (tertiary/aromatic N) is 3. The molecule has 0 atom stereocenters. The number of halogens is 1. The van der Waals surface area contributed by atoms with Gasteiger partial charge in [0.25, 0.3) is 0 Å². The summed E-state index contributed by atoms with van der Waals surface area (Å²) in [4.78, 5) is 0. The molecule has 4 nitrogen and oxygen atoms in total. The van der Waals surface area contributed by atoms with Gasteiger partial charge in [-0.15, -0.1) is 0 Å². The summed E-state index contributed by atoms with van der Waals surface area (Å²) in [6.45, 7) is 2.05. The van der Waals surface area contributed by atoms with Gasteiger partial charge in [0.2, 0.25) is 4.77 Å². The van der Waals surface area contributed by atoms with Crippen LogP contribution in [0, 0.1) is 11.7 Å². The molecule has 0 fully saturated rings. The highest BCUT2D eigenvalue weighted by Crippen LogP contribution is 2.18. The van der Waals surface area contributed by atoms with Gasteiger partial charge in [-0.3, -0.25) is 0 Å². The van der Waals surface area contributed by atoms with Crippen LogP contribution in [0.1, 0.15) is 11.1 Å². The third-order valence-corrected chi connectivity index (χ3v) is 3.89. The summed E-state index contributed by atoms with van der Waals surface area (Å²) in [6.07, 6.45) is 1.76. The van der Waals surface area contributed by atoms with Crippen LogP contribution >= 0.6 is 28.1 Å². The number of aryl methyl sites for hydroxylation is 1. The maximum atomic E-state index is 5.26. The molecule has 0 radical (unpaired) electrons. The monoisotopic (exact) mass is 372 g/mol. The summed E-state index contributed by atoms with van der Waals surface area (Å²) < 4.78 is 3.09. The topological polar surface area (TPSA) is 46.0 Å². The van der Waals surface area contributed by atoms with E-state index in [1.54, 1.807) is 10.9 Å². The van der Waals surface area contributed by atoms with E-state index in [1.165, 1.54) is 5.56 Å². The predicted octanol–water partition coefficient (Wildman–Crippen LogP) is 4.56. The van der Waals surface area contributed by atoms with Gasteiger partial charge < -0.3 is 0 Å². The summed E-state index contributed by atoms with van der Waals surface area (Å²) >= 11 is 8.71. The molecule has 0 unspecified atom stereocenters. The van der Waals surface area contributed by atoms with E-state index in [-0.39, 0.29) is 0 Å². The first-order chi connectivity index (χ1) is 10.6. The second kappa shape index (κ2) is 6.37. The highest BCUT2D eigenvalue weighted by Gasteiger charge is 2.07. The largest absolute Gasteiger partial charge is 0.250 e. The zero-order chi connectivity index (χ0) is 15.5. The van der Waals surface area contributed by atoms with Crippen molar-refractivity contribution < 1.29 is 0 Å². The molecule has 0 amide bonds. The normalized spacial score (nSPS) is 11.2. The molecular formula is C16H13BrN4S. The van der Waals surface area contributed by atoms with Crippen LogP contribution in [0.15, 0.2) is 58.1 Å². The van der Waals surface area contributed by atoms with Crippen molar-refractivity contribution in [2.45, 2.75) is 6.92 Å².